The Bertz CT molecular complexity index is 757. The second-order valence-corrected chi connectivity index (χ2v) is 10.6. The molecule has 2 aliphatic rings. The van der Waals surface area contributed by atoms with E-state index in [1.807, 2.05) is 19.2 Å². The molecule has 0 unspecified atom stereocenters. The number of aliphatic imine (C=N–C) groups is 1. The van der Waals surface area contributed by atoms with Crippen molar-refractivity contribution in [3.63, 3.8) is 0 Å². The lowest BCUT2D eigenvalue weighted by Crippen LogP contribution is -2.53. The molecule has 0 atom stereocenters. The molecule has 0 radical (unpaired) electrons. The van der Waals surface area contributed by atoms with Gasteiger partial charge in [-0.05, 0) is 37.0 Å². The number of nitrogens with one attached hydrogen (secondary N) is 1. The number of rotatable bonds is 4. The quantitative estimate of drug-likeness (QED) is 0.350. The van der Waals surface area contributed by atoms with E-state index < -0.39 is 10.0 Å². The molecule has 158 valence electrons. The van der Waals surface area contributed by atoms with E-state index in [0.29, 0.717) is 4.75 Å². The molecule has 1 aliphatic heterocycles. The Balaban J connectivity index is 0.00000280. The van der Waals surface area contributed by atoms with Crippen molar-refractivity contribution in [2.24, 2.45) is 10.1 Å². The summed E-state index contributed by atoms with van der Waals surface area (Å²) in [6, 6.07) is 6.76. The summed E-state index contributed by atoms with van der Waals surface area (Å²) >= 11 is 2.16. The smallest absolute Gasteiger partial charge is 0.238 e. The number of thioether (sulfide) groups is 1. The summed E-state index contributed by atoms with van der Waals surface area (Å²) in [6.07, 6.45) is 7.52. The number of nitrogens with zero attached hydrogens (tertiary/aromatic N) is 2. The van der Waals surface area contributed by atoms with E-state index >= 15 is 0 Å². The third kappa shape index (κ3) is 6.24. The van der Waals surface area contributed by atoms with Crippen molar-refractivity contribution >= 4 is 51.7 Å². The molecule has 0 aromatic heterocycles. The lowest BCUT2D eigenvalue weighted by atomic mass is 9.87. The molecule has 1 aliphatic carbocycles. The molecule has 2 fully saturated rings. The first-order valence-electron chi connectivity index (χ1n) is 9.63. The number of hydrogen-bond donors (Lipinski definition) is 2. The normalized spacial score (nSPS) is 19.9. The molecular weight excluding hydrogens is 507 g/mol. The zero-order valence-electron chi connectivity index (χ0n) is 16.4. The molecule has 1 aromatic rings. The molecule has 1 spiro atoms. The molecule has 1 saturated carbocycles. The fourth-order valence-electron chi connectivity index (χ4n) is 4.02. The van der Waals surface area contributed by atoms with E-state index in [1.54, 1.807) is 12.1 Å². The summed E-state index contributed by atoms with van der Waals surface area (Å²) in [5.74, 6) is 2.14. The Kier molecular flexibility index (Phi) is 8.90. The first-order valence-corrected chi connectivity index (χ1v) is 12.2. The van der Waals surface area contributed by atoms with Gasteiger partial charge in [0.2, 0.25) is 10.0 Å². The van der Waals surface area contributed by atoms with E-state index in [4.69, 9.17) is 5.14 Å². The first kappa shape index (κ1) is 23.8. The summed E-state index contributed by atoms with van der Waals surface area (Å²) in [5, 5.41) is 8.62. The van der Waals surface area contributed by atoms with Crippen LogP contribution in [-0.4, -0.2) is 56.5 Å². The Morgan fingerprint density at radius 2 is 1.93 bits per heavy atom. The minimum atomic E-state index is -3.63. The lowest BCUT2D eigenvalue weighted by molar-refractivity contribution is 0.293. The van der Waals surface area contributed by atoms with Crippen molar-refractivity contribution in [3.05, 3.63) is 29.8 Å². The summed E-state index contributed by atoms with van der Waals surface area (Å²) in [5.41, 5.74) is 1.07. The first-order chi connectivity index (χ1) is 12.9. The number of halogens is 1. The van der Waals surface area contributed by atoms with Gasteiger partial charge in [-0.15, -0.1) is 24.0 Å². The molecule has 0 amide bonds. The van der Waals surface area contributed by atoms with Gasteiger partial charge in [-0.1, -0.05) is 31.4 Å². The summed E-state index contributed by atoms with van der Waals surface area (Å²) < 4.78 is 23.1. The van der Waals surface area contributed by atoms with E-state index in [9.17, 15) is 8.42 Å². The van der Waals surface area contributed by atoms with E-state index in [0.717, 1.165) is 43.3 Å². The maximum absolute atomic E-state index is 11.3. The van der Waals surface area contributed by atoms with Crippen molar-refractivity contribution < 1.29 is 8.42 Å². The minimum absolute atomic E-state index is 0. The molecule has 1 heterocycles. The van der Waals surface area contributed by atoms with Gasteiger partial charge in [0, 0.05) is 37.2 Å². The SMILES string of the molecule is CN=C(NCCc1ccc(S(N)(=O)=O)cc1)N1CCSC2(CCCCC2)C1.I. The summed E-state index contributed by atoms with van der Waals surface area (Å²) in [7, 11) is -1.78. The van der Waals surface area contributed by atoms with Gasteiger partial charge in [0.25, 0.3) is 0 Å². The second kappa shape index (κ2) is 10.5. The molecule has 0 bridgehead atoms. The van der Waals surface area contributed by atoms with E-state index in [2.05, 4.69) is 27.0 Å². The summed E-state index contributed by atoms with van der Waals surface area (Å²) in [6.45, 7) is 2.88. The molecule has 28 heavy (non-hydrogen) atoms. The predicted molar refractivity (Wildman–Crippen MR) is 128 cm³/mol. The van der Waals surface area contributed by atoms with Crippen LogP contribution in [0.1, 0.15) is 37.7 Å². The van der Waals surface area contributed by atoms with Crippen LogP contribution >= 0.6 is 35.7 Å². The molecule has 3 rings (SSSR count). The van der Waals surface area contributed by atoms with Crippen molar-refractivity contribution in [3.8, 4) is 0 Å². The number of sulfonamides is 1. The van der Waals surface area contributed by atoms with Gasteiger partial charge < -0.3 is 10.2 Å². The lowest BCUT2D eigenvalue weighted by Gasteiger charge is -2.45. The van der Waals surface area contributed by atoms with Crippen LogP contribution in [0.3, 0.4) is 0 Å². The van der Waals surface area contributed by atoms with Crippen molar-refractivity contribution in [2.75, 3.05) is 32.4 Å². The monoisotopic (exact) mass is 538 g/mol. The van der Waals surface area contributed by atoms with E-state index in [1.165, 1.54) is 32.1 Å². The average Bonchev–Trinajstić information content (AvgIpc) is 2.65. The molecular formula is C19H31IN4O2S2. The van der Waals surface area contributed by atoms with Crippen LogP contribution in [0.2, 0.25) is 0 Å². The third-order valence-electron chi connectivity index (χ3n) is 5.47. The second-order valence-electron chi connectivity index (χ2n) is 7.43. The van der Waals surface area contributed by atoms with Crippen LogP contribution in [0.15, 0.2) is 34.2 Å². The van der Waals surface area contributed by atoms with Gasteiger partial charge in [0.1, 0.15) is 0 Å². The third-order valence-corrected chi connectivity index (χ3v) is 7.94. The average molecular weight is 539 g/mol. The number of benzene rings is 1. The topological polar surface area (TPSA) is 87.8 Å². The van der Waals surface area contributed by atoms with Gasteiger partial charge in [0.15, 0.2) is 5.96 Å². The maximum Gasteiger partial charge on any atom is 0.238 e. The molecule has 6 nitrogen and oxygen atoms in total. The fourth-order valence-corrected chi connectivity index (χ4v) is 6.11. The number of nitrogens with two attached hydrogens (primary N) is 1. The van der Waals surface area contributed by atoms with Gasteiger partial charge in [-0.25, -0.2) is 13.6 Å². The predicted octanol–water partition coefficient (Wildman–Crippen LogP) is 2.82. The van der Waals surface area contributed by atoms with Gasteiger partial charge in [-0.2, -0.15) is 11.8 Å². The highest BCUT2D eigenvalue weighted by Crippen LogP contribution is 2.42. The molecule has 1 aromatic carbocycles. The number of guanidine groups is 1. The Labute approximate surface area is 190 Å². The van der Waals surface area contributed by atoms with Crippen LogP contribution < -0.4 is 10.5 Å². The van der Waals surface area contributed by atoms with Crippen LogP contribution in [0.4, 0.5) is 0 Å². The Morgan fingerprint density at radius 1 is 1.25 bits per heavy atom. The van der Waals surface area contributed by atoms with Crippen LogP contribution in [0.5, 0.6) is 0 Å². The molecule has 3 N–H and O–H groups in total. The minimum Gasteiger partial charge on any atom is -0.356 e. The van der Waals surface area contributed by atoms with Crippen LogP contribution in [-0.2, 0) is 16.4 Å². The number of primary sulfonamides is 1. The Morgan fingerprint density at radius 3 is 2.54 bits per heavy atom. The van der Waals surface area contributed by atoms with Gasteiger partial charge >= 0.3 is 0 Å². The van der Waals surface area contributed by atoms with Crippen molar-refractivity contribution in [1.82, 2.24) is 10.2 Å². The Hall–Kier alpha value is -0.520. The van der Waals surface area contributed by atoms with Crippen LogP contribution in [0, 0.1) is 0 Å². The fraction of sp³-hybridized carbons (Fsp3) is 0.632. The van der Waals surface area contributed by atoms with Gasteiger partial charge in [-0.3, -0.25) is 4.99 Å². The highest BCUT2D eigenvalue weighted by molar-refractivity contribution is 14.0. The largest absolute Gasteiger partial charge is 0.356 e. The zero-order chi connectivity index (χ0) is 19.3. The maximum atomic E-state index is 11.3. The van der Waals surface area contributed by atoms with E-state index in [-0.39, 0.29) is 28.9 Å². The molecule has 9 heteroatoms. The van der Waals surface area contributed by atoms with Crippen molar-refractivity contribution in [2.45, 2.75) is 48.2 Å². The van der Waals surface area contributed by atoms with Crippen molar-refractivity contribution in [1.29, 1.82) is 0 Å². The summed E-state index contributed by atoms with van der Waals surface area (Å²) in [4.78, 5) is 7.05. The zero-order valence-corrected chi connectivity index (χ0v) is 20.4. The van der Waals surface area contributed by atoms with Gasteiger partial charge in [0.05, 0.1) is 4.90 Å². The highest BCUT2D eigenvalue weighted by Gasteiger charge is 2.38. The highest BCUT2D eigenvalue weighted by atomic mass is 127. The van der Waals surface area contributed by atoms with Crippen LogP contribution in [0.25, 0.3) is 0 Å². The standard InChI is InChI=1S/C19H30N4O2S2.HI/c1-21-18(23-13-14-26-19(15-23)10-3-2-4-11-19)22-12-9-16-5-7-17(8-6-16)27(20,24)25;/h5-8H,2-4,9-15H2,1H3,(H,21,22)(H2,20,24,25);1H. The molecule has 1 saturated heterocycles. The number of hydrogen-bond acceptors (Lipinski definition) is 4.